The summed E-state index contributed by atoms with van der Waals surface area (Å²) in [7, 11) is -6.13. The molecule has 3 rings (SSSR count). The largest absolute Gasteiger partial charge is 0.495 e. The maximum Gasteiger partial charge on any atom is 0.255 e. The Labute approximate surface area is 181 Å². The van der Waals surface area contributed by atoms with Gasteiger partial charge in [0.05, 0.1) is 36.7 Å². The van der Waals surface area contributed by atoms with Gasteiger partial charge in [-0.2, -0.15) is 4.31 Å². The fraction of sp³-hybridized carbons (Fsp3) is 0.350. The van der Waals surface area contributed by atoms with Crippen LogP contribution in [0.1, 0.15) is 17.3 Å². The molecule has 0 bridgehead atoms. The quantitative estimate of drug-likeness (QED) is 0.658. The molecule has 1 saturated heterocycles. The first kappa shape index (κ1) is 23.2. The number of para-hydroxylation sites is 1. The standard InChI is InChI=1S/C20H24N2O7S2/c1-3-30(24,25)18-7-5-4-6-16(18)21-20(23)15-8-9-17(28-2)19(14-15)31(26,27)22-10-12-29-13-11-22/h4-9,14H,3,10-13H2,1-2H3,(H,21,23). The Kier molecular flexibility index (Phi) is 6.99. The molecule has 1 aliphatic rings. The molecular formula is C20H24N2O7S2. The van der Waals surface area contributed by atoms with Crippen molar-refractivity contribution in [2.45, 2.75) is 16.7 Å². The van der Waals surface area contributed by atoms with Crippen molar-refractivity contribution in [2.24, 2.45) is 0 Å². The molecule has 0 spiro atoms. The lowest BCUT2D eigenvalue weighted by atomic mass is 10.2. The number of sulfone groups is 1. The number of methoxy groups -OCH3 is 1. The Morgan fingerprint density at radius 2 is 1.74 bits per heavy atom. The van der Waals surface area contributed by atoms with Crippen molar-refractivity contribution in [3.05, 3.63) is 48.0 Å². The van der Waals surface area contributed by atoms with Crippen molar-refractivity contribution in [3.8, 4) is 5.75 Å². The summed E-state index contributed by atoms with van der Waals surface area (Å²) in [6, 6.07) is 10.1. The van der Waals surface area contributed by atoms with Crippen LogP contribution in [0.4, 0.5) is 5.69 Å². The summed E-state index contributed by atoms with van der Waals surface area (Å²) in [5, 5.41) is 2.58. The first-order valence-electron chi connectivity index (χ1n) is 9.59. The van der Waals surface area contributed by atoms with Crippen LogP contribution in [-0.2, 0) is 24.6 Å². The fourth-order valence-corrected chi connectivity index (χ4v) is 5.78. The van der Waals surface area contributed by atoms with Gasteiger partial charge in [0.15, 0.2) is 9.84 Å². The maximum absolute atomic E-state index is 13.1. The molecule has 0 saturated carbocycles. The molecule has 0 radical (unpaired) electrons. The third kappa shape index (κ3) is 4.90. The molecule has 0 unspecified atom stereocenters. The number of carbonyl (C=O) groups is 1. The number of anilines is 1. The van der Waals surface area contributed by atoms with Crippen molar-refractivity contribution in [2.75, 3.05) is 44.5 Å². The smallest absolute Gasteiger partial charge is 0.255 e. The van der Waals surface area contributed by atoms with Crippen molar-refractivity contribution in [3.63, 3.8) is 0 Å². The Hall–Kier alpha value is -2.47. The van der Waals surface area contributed by atoms with Gasteiger partial charge in [0.2, 0.25) is 10.0 Å². The predicted octanol–water partition coefficient (Wildman–Crippen LogP) is 1.76. The summed E-state index contributed by atoms with van der Waals surface area (Å²) >= 11 is 0. The van der Waals surface area contributed by atoms with Crippen LogP contribution in [0.3, 0.4) is 0 Å². The topological polar surface area (TPSA) is 119 Å². The molecule has 11 heteroatoms. The van der Waals surface area contributed by atoms with E-state index in [1.807, 2.05) is 0 Å². The Balaban J connectivity index is 1.96. The van der Waals surface area contributed by atoms with Gasteiger partial charge in [-0.15, -0.1) is 0 Å². The molecule has 1 heterocycles. The molecule has 1 amide bonds. The summed E-state index contributed by atoms with van der Waals surface area (Å²) in [4.78, 5) is 12.7. The van der Waals surface area contributed by atoms with Crippen LogP contribution < -0.4 is 10.1 Å². The molecule has 1 N–H and O–H groups in total. The van der Waals surface area contributed by atoms with E-state index in [-0.39, 0.29) is 58.8 Å². The minimum absolute atomic E-state index is 0.000485. The number of sulfonamides is 1. The molecule has 2 aromatic rings. The molecule has 31 heavy (non-hydrogen) atoms. The molecule has 2 aromatic carbocycles. The average molecular weight is 469 g/mol. The Bertz CT molecular complexity index is 1170. The van der Waals surface area contributed by atoms with Gasteiger partial charge in [-0.05, 0) is 30.3 Å². The second-order valence-corrected chi connectivity index (χ2v) is 10.9. The number of ether oxygens (including phenoxy) is 2. The number of rotatable bonds is 7. The molecule has 9 nitrogen and oxygen atoms in total. The van der Waals surface area contributed by atoms with Gasteiger partial charge in [-0.3, -0.25) is 4.79 Å². The number of carbonyl (C=O) groups excluding carboxylic acids is 1. The lowest BCUT2D eigenvalue weighted by molar-refractivity contribution is 0.0729. The highest BCUT2D eigenvalue weighted by molar-refractivity contribution is 7.91. The van der Waals surface area contributed by atoms with E-state index in [4.69, 9.17) is 9.47 Å². The van der Waals surface area contributed by atoms with Crippen LogP contribution in [0, 0.1) is 0 Å². The van der Waals surface area contributed by atoms with Crippen LogP contribution in [0.2, 0.25) is 0 Å². The summed E-state index contributed by atoms with van der Waals surface area (Å²) in [6.45, 7) is 2.48. The number of nitrogens with one attached hydrogen (secondary N) is 1. The number of hydrogen-bond donors (Lipinski definition) is 1. The second-order valence-electron chi connectivity index (χ2n) is 6.74. The zero-order valence-corrected chi connectivity index (χ0v) is 18.8. The van der Waals surface area contributed by atoms with E-state index in [0.717, 1.165) is 0 Å². The zero-order chi connectivity index (χ0) is 22.6. The summed E-state index contributed by atoms with van der Waals surface area (Å²) in [5.41, 5.74) is 0.180. The van der Waals surface area contributed by atoms with Gasteiger partial charge < -0.3 is 14.8 Å². The van der Waals surface area contributed by atoms with Crippen molar-refractivity contribution >= 4 is 31.5 Å². The third-order valence-electron chi connectivity index (χ3n) is 4.86. The second kappa shape index (κ2) is 9.35. The number of morpholine rings is 1. The first-order chi connectivity index (χ1) is 14.7. The van der Waals surface area contributed by atoms with Gasteiger partial charge in [-0.1, -0.05) is 19.1 Å². The molecule has 1 fully saturated rings. The Morgan fingerprint density at radius 1 is 1.06 bits per heavy atom. The lowest BCUT2D eigenvalue weighted by Crippen LogP contribution is -2.40. The number of nitrogens with zero attached hydrogens (tertiary/aromatic N) is 1. The predicted molar refractivity (Wildman–Crippen MR) is 115 cm³/mol. The van der Waals surface area contributed by atoms with Crippen molar-refractivity contribution in [1.82, 2.24) is 4.31 Å². The van der Waals surface area contributed by atoms with E-state index in [9.17, 15) is 21.6 Å². The van der Waals surface area contributed by atoms with Gasteiger partial charge in [0.1, 0.15) is 10.6 Å². The Morgan fingerprint density at radius 3 is 2.39 bits per heavy atom. The monoisotopic (exact) mass is 468 g/mol. The van der Waals surface area contributed by atoms with Gasteiger partial charge in [0, 0.05) is 18.7 Å². The number of benzene rings is 2. The number of amides is 1. The highest BCUT2D eigenvalue weighted by Gasteiger charge is 2.30. The van der Waals surface area contributed by atoms with E-state index >= 15 is 0 Å². The molecular weight excluding hydrogens is 444 g/mol. The van der Waals surface area contributed by atoms with Gasteiger partial charge in [0.25, 0.3) is 5.91 Å². The third-order valence-corrected chi connectivity index (χ3v) is 8.57. The van der Waals surface area contributed by atoms with Gasteiger partial charge >= 0.3 is 0 Å². The summed E-state index contributed by atoms with van der Waals surface area (Å²) in [6.07, 6.45) is 0. The molecule has 0 atom stereocenters. The van der Waals surface area contributed by atoms with E-state index < -0.39 is 25.8 Å². The minimum atomic E-state index is -3.92. The van der Waals surface area contributed by atoms with Crippen LogP contribution in [0.5, 0.6) is 5.75 Å². The van der Waals surface area contributed by atoms with E-state index in [1.165, 1.54) is 48.7 Å². The summed E-state index contributed by atoms with van der Waals surface area (Å²) in [5.74, 6) is -0.651. The van der Waals surface area contributed by atoms with E-state index in [1.54, 1.807) is 12.1 Å². The maximum atomic E-state index is 13.1. The highest BCUT2D eigenvalue weighted by Crippen LogP contribution is 2.29. The molecule has 168 valence electrons. The van der Waals surface area contributed by atoms with Crippen LogP contribution in [-0.4, -0.2) is 66.2 Å². The highest BCUT2D eigenvalue weighted by atomic mass is 32.2. The van der Waals surface area contributed by atoms with Gasteiger partial charge in [-0.25, -0.2) is 16.8 Å². The molecule has 0 aliphatic carbocycles. The molecule has 1 aliphatic heterocycles. The lowest BCUT2D eigenvalue weighted by Gasteiger charge is -2.26. The molecule has 0 aromatic heterocycles. The summed E-state index contributed by atoms with van der Waals surface area (Å²) < 4.78 is 62.5. The van der Waals surface area contributed by atoms with Crippen molar-refractivity contribution in [1.29, 1.82) is 0 Å². The van der Waals surface area contributed by atoms with Crippen LogP contribution in [0.15, 0.2) is 52.3 Å². The zero-order valence-electron chi connectivity index (χ0n) is 17.2. The van der Waals surface area contributed by atoms with Crippen LogP contribution >= 0.6 is 0 Å². The minimum Gasteiger partial charge on any atom is -0.495 e. The average Bonchev–Trinajstić information content (AvgIpc) is 2.79. The normalized spacial score (nSPS) is 15.4. The van der Waals surface area contributed by atoms with E-state index in [0.29, 0.717) is 0 Å². The number of hydrogen-bond acceptors (Lipinski definition) is 7. The SMILES string of the molecule is CCS(=O)(=O)c1ccccc1NC(=O)c1ccc(OC)c(S(=O)(=O)N2CCOCC2)c1. The first-order valence-corrected chi connectivity index (χ1v) is 12.7. The van der Waals surface area contributed by atoms with Crippen molar-refractivity contribution < 1.29 is 31.1 Å². The van der Waals surface area contributed by atoms with Crippen LogP contribution in [0.25, 0.3) is 0 Å². The fourth-order valence-electron chi connectivity index (χ4n) is 3.14. The van der Waals surface area contributed by atoms with E-state index in [2.05, 4.69) is 5.32 Å².